The summed E-state index contributed by atoms with van der Waals surface area (Å²) < 4.78 is 16.6. The molecule has 0 radical (unpaired) electrons. The summed E-state index contributed by atoms with van der Waals surface area (Å²) in [5, 5.41) is 0. The van der Waals surface area contributed by atoms with Crippen LogP contribution in [0.5, 0.6) is 11.5 Å². The molecule has 1 fully saturated rings. The fourth-order valence-corrected chi connectivity index (χ4v) is 5.15. The van der Waals surface area contributed by atoms with Crippen LogP contribution in [0.25, 0.3) is 0 Å². The molecule has 1 saturated carbocycles. The van der Waals surface area contributed by atoms with E-state index in [0.717, 1.165) is 51.4 Å². The minimum absolute atomic E-state index is 0.109. The molecular formula is C35H52O6. The Hall–Kier alpha value is -2.89. The van der Waals surface area contributed by atoms with E-state index in [4.69, 9.17) is 14.2 Å². The van der Waals surface area contributed by atoms with Gasteiger partial charge in [-0.1, -0.05) is 63.5 Å². The molecule has 2 rings (SSSR count). The number of carbonyl (C=O) groups is 3. The van der Waals surface area contributed by atoms with Crippen molar-refractivity contribution in [2.75, 3.05) is 0 Å². The van der Waals surface area contributed by atoms with E-state index in [1.165, 1.54) is 38.5 Å². The Labute approximate surface area is 247 Å². The van der Waals surface area contributed by atoms with E-state index < -0.39 is 0 Å². The summed E-state index contributed by atoms with van der Waals surface area (Å²) in [5.41, 5.74) is 0. The summed E-state index contributed by atoms with van der Waals surface area (Å²) in [6, 6.07) is 6.61. The van der Waals surface area contributed by atoms with Gasteiger partial charge in [-0.05, 0) is 88.5 Å². The first-order chi connectivity index (χ1) is 20.0. The van der Waals surface area contributed by atoms with Crippen LogP contribution in [0.3, 0.4) is 0 Å². The van der Waals surface area contributed by atoms with Crippen LogP contribution in [-0.4, -0.2) is 24.0 Å². The SMILES string of the molecule is C=CCCCCCCCCC(=O)Oc1ccc(OC(=O)C2CCC(OC(=O)CCCCCCCCC=C)CC2)cc1. The molecule has 0 heterocycles. The van der Waals surface area contributed by atoms with Crippen LogP contribution in [0, 0.1) is 5.92 Å². The maximum atomic E-state index is 12.7. The minimum Gasteiger partial charge on any atom is -0.462 e. The lowest BCUT2D eigenvalue weighted by Crippen LogP contribution is -2.30. The summed E-state index contributed by atoms with van der Waals surface area (Å²) in [7, 11) is 0. The molecule has 0 N–H and O–H groups in total. The van der Waals surface area contributed by atoms with Gasteiger partial charge in [-0.25, -0.2) is 0 Å². The molecule has 41 heavy (non-hydrogen) atoms. The lowest BCUT2D eigenvalue weighted by atomic mass is 9.87. The quantitative estimate of drug-likeness (QED) is 0.0600. The standard InChI is InChI=1S/C35H52O6/c1-3-5-7-9-11-13-15-17-19-33(36)39-30-23-21-29(22-24-30)35(38)41-32-27-25-31(26-28-32)40-34(37)20-18-16-14-12-10-8-6-4-2/h3-4,25-30H,1-2,5-24H2. The van der Waals surface area contributed by atoms with Gasteiger partial charge in [0, 0.05) is 12.8 Å². The van der Waals surface area contributed by atoms with Crippen LogP contribution in [-0.2, 0) is 19.1 Å². The van der Waals surface area contributed by atoms with Crippen molar-refractivity contribution in [3.8, 4) is 11.5 Å². The fourth-order valence-electron chi connectivity index (χ4n) is 5.15. The Bertz CT molecular complexity index is 898. The van der Waals surface area contributed by atoms with Gasteiger partial charge in [0.1, 0.15) is 17.6 Å². The molecule has 0 spiro atoms. The van der Waals surface area contributed by atoms with Crippen molar-refractivity contribution >= 4 is 17.9 Å². The molecule has 0 atom stereocenters. The maximum absolute atomic E-state index is 12.7. The number of ether oxygens (including phenoxy) is 3. The molecule has 1 aliphatic carbocycles. The fraction of sp³-hybridized carbons (Fsp3) is 0.629. The van der Waals surface area contributed by atoms with Gasteiger partial charge < -0.3 is 14.2 Å². The van der Waals surface area contributed by atoms with Crippen LogP contribution < -0.4 is 9.47 Å². The van der Waals surface area contributed by atoms with Gasteiger partial charge in [-0.15, -0.1) is 13.2 Å². The third-order valence-corrected chi connectivity index (χ3v) is 7.66. The molecule has 228 valence electrons. The monoisotopic (exact) mass is 568 g/mol. The summed E-state index contributed by atoms with van der Waals surface area (Å²) in [5.74, 6) is 0.0420. The molecule has 0 saturated heterocycles. The van der Waals surface area contributed by atoms with Gasteiger partial charge in [-0.2, -0.15) is 0 Å². The molecule has 1 aliphatic rings. The highest BCUT2D eigenvalue weighted by Gasteiger charge is 2.29. The van der Waals surface area contributed by atoms with E-state index in [1.807, 2.05) is 12.2 Å². The molecule has 1 aromatic rings. The molecular weight excluding hydrogens is 516 g/mol. The topological polar surface area (TPSA) is 78.9 Å². The van der Waals surface area contributed by atoms with E-state index in [2.05, 4.69) is 13.2 Å². The third kappa shape index (κ3) is 16.2. The smallest absolute Gasteiger partial charge is 0.314 e. The van der Waals surface area contributed by atoms with Crippen molar-refractivity contribution < 1.29 is 28.6 Å². The molecule has 6 heteroatoms. The summed E-state index contributed by atoms with van der Waals surface area (Å²) in [6.45, 7) is 7.48. The average molecular weight is 569 g/mol. The number of hydrogen-bond donors (Lipinski definition) is 0. The molecule has 0 amide bonds. The van der Waals surface area contributed by atoms with Gasteiger partial charge >= 0.3 is 17.9 Å². The van der Waals surface area contributed by atoms with Crippen LogP contribution >= 0.6 is 0 Å². The highest BCUT2D eigenvalue weighted by atomic mass is 16.5. The summed E-state index contributed by atoms with van der Waals surface area (Å²) in [4.78, 5) is 37.0. The molecule has 0 unspecified atom stereocenters. The number of rotatable bonds is 22. The Morgan fingerprint density at radius 2 is 1.05 bits per heavy atom. The molecule has 0 aliphatic heterocycles. The van der Waals surface area contributed by atoms with Crippen LogP contribution in [0.15, 0.2) is 49.6 Å². The Morgan fingerprint density at radius 1 is 0.610 bits per heavy atom. The molecule has 0 aromatic heterocycles. The van der Waals surface area contributed by atoms with E-state index in [1.54, 1.807) is 24.3 Å². The number of benzene rings is 1. The number of hydrogen-bond acceptors (Lipinski definition) is 6. The lowest BCUT2D eigenvalue weighted by Gasteiger charge is -2.27. The molecule has 6 nitrogen and oxygen atoms in total. The molecule has 1 aromatic carbocycles. The van der Waals surface area contributed by atoms with Gasteiger partial charge in [0.25, 0.3) is 0 Å². The molecule has 0 bridgehead atoms. The summed E-state index contributed by atoms with van der Waals surface area (Å²) in [6.07, 6.45) is 22.8. The number of carbonyl (C=O) groups excluding carboxylic acids is 3. The maximum Gasteiger partial charge on any atom is 0.314 e. The first-order valence-corrected chi connectivity index (χ1v) is 16.0. The lowest BCUT2D eigenvalue weighted by molar-refractivity contribution is -0.152. The van der Waals surface area contributed by atoms with Crippen molar-refractivity contribution in [3.63, 3.8) is 0 Å². The second-order valence-corrected chi connectivity index (χ2v) is 11.2. The first kappa shape index (κ1) is 34.3. The van der Waals surface area contributed by atoms with E-state index in [-0.39, 0.29) is 29.9 Å². The zero-order chi connectivity index (χ0) is 29.5. The Kier molecular flexibility index (Phi) is 18.2. The van der Waals surface area contributed by atoms with Crippen molar-refractivity contribution in [2.24, 2.45) is 5.92 Å². The zero-order valence-corrected chi connectivity index (χ0v) is 25.1. The van der Waals surface area contributed by atoms with Gasteiger partial charge in [0.05, 0.1) is 5.92 Å². The predicted octanol–water partition coefficient (Wildman–Crippen LogP) is 9.21. The van der Waals surface area contributed by atoms with E-state index in [9.17, 15) is 14.4 Å². The number of unbranched alkanes of at least 4 members (excludes halogenated alkanes) is 12. The van der Waals surface area contributed by atoms with Crippen molar-refractivity contribution in [1.29, 1.82) is 0 Å². The van der Waals surface area contributed by atoms with Gasteiger partial charge in [0.2, 0.25) is 0 Å². The highest BCUT2D eigenvalue weighted by Crippen LogP contribution is 2.29. The van der Waals surface area contributed by atoms with Crippen LogP contribution in [0.1, 0.15) is 128 Å². The third-order valence-electron chi connectivity index (χ3n) is 7.66. The van der Waals surface area contributed by atoms with Crippen LogP contribution in [0.2, 0.25) is 0 Å². The first-order valence-electron chi connectivity index (χ1n) is 16.0. The Morgan fingerprint density at radius 3 is 1.56 bits per heavy atom. The Balaban J connectivity index is 1.55. The average Bonchev–Trinajstić information content (AvgIpc) is 2.97. The normalized spacial score (nSPS) is 16.5. The van der Waals surface area contributed by atoms with Crippen molar-refractivity contribution in [1.82, 2.24) is 0 Å². The predicted molar refractivity (Wildman–Crippen MR) is 164 cm³/mol. The van der Waals surface area contributed by atoms with Gasteiger partial charge in [0.15, 0.2) is 0 Å². The number of allylic oxidation sites excluding steroid dienone is 2. The summed E-state index contributed by atoms with van der Waals surface area (Å²) >= 11 is 0. The largest absolute Gasteiger partial charge is 0.462 e. The number of esters is 3. The highest BCUT2D eigenvalue weighted by molar-refractivity contribution is 5.75. The second kappa shape index (κ2) is 21.8. The van der Waals surface area contributed by atoms with E-state index in [0.29, 0.717) is 50.0 Å². The minimum atomic E-state index is -0.267. The van der Waals surface area contributed by atoms with Crippen LogP contribution in [0.4, 0.5) is 0 Å². The van der Waals surface area contributed by atoms with Gasteiger partial charge in [-0.3, -0.25) is 14.4 Å². The second-order valence-electron chi connectivity index (χ2n) is 11.2. The zero-order valence-electron chi connectivity index (χ0n) is 25.1. The van der Waals surface area contributed by atoms with E-state index >= 15 is 0 Å². The van der Waals surface area contributed by atoms with Crippen molar-refractivity contribution in [3.05, 3.63) is 49.6 Å². The van der Waals surface area contributed by atoms with Crippen molar-refractivity contribution in [2.45, 2.75) is 135 Å².